The van der Waals surface area contributed by atoms with E-state index in [1.165, 1.54) is 21.9 Å². The van der Waals surface area contributed by atoms with E-state index < -0.39 is 0 Å². The lowest BCUT2D eigenvalue weighted by Gasteiger charge is -2.30. The van der Waals surface area contributed by atoms with Gasteiger partial charge in [-0.05, 0) is 31.2 Å². The van der Waals surface area contributed by atoms with Gasteiger partial charge in [0.15, 0.2) is 0 Å². The number of hydrogen-bond donors (Lipinski definition) is 0. The van der Waals surface area contributed by atoms with Crippen LogP contribution < -0.4 is 4.74 Å². The lowest BCUT2D eigenvalue weighted by atomic mass is 9.91. The first-order valence-corrected chi connectivity index (χ1v) is 6.44. The SMILES string of the molecule is COc1c2c(cc3ccccc13)C[C@@H](C)O[C@@H]2C. The standard InChI is InChI=1S/C16H18O2/c1-10-8-13-9-12-6-4-5-7-14(12)16(17-3)15(13)11(2)18-10/h4-7,9-11H,8H2,1-3H3/t10-,11-/m1/s1. The van der Waals surface area contributed by atoms with Crippen LogP contribution >= 0.6 is 0 Å². The van der Waals surface area contributed by atoms with Crippen molar-refractivity contribution < 1.29 is 9.47 Å². The van der Waals surface area contributed by atoms with Crippen molar-refractivity contribution in [3.05, 3.63) is 41.5 Å². The van der Waals surface area contributed by atoms with E-state index in [9.17, 15) is 0 Å². The van der Waals surface area contributed by atoms with Gasteiger partial charge in [-0.2, -0.15) is 0 Å². The smallest absolute Gasteiger partial charge is 0.132 e. The molecule has 3 rings (SSSR count). The van der Waals surface area contributed by atoms with Gasteiger partial charge in [-0.1, -0.05) is 30.3 Å². The van der Waals surface area contributed by atoms with Crippen LogP contribution in [-0.2, 0) is 11.2 Å². The molecule has 2 aromatic carbocycles. The van der Waals surface area contributed by atoms with Crippen LogP contribution in [0.2, 0.25) is 0 Å². The molecule has 0 spiro atoms. The molecule has 2 nitrogen and oxygen atoms in total. The first kappa shape index (κ1) is 11.5. The summed E-state index contributed by atoms with van der Waals surface area (Å²) < 4.78 is 11.6. The average molecular weight is 242 g/mol. The third kappa shape index (κ3) is 1.68. The van der Waals surface area contributed by atoms with Gasteiger partial charge in [-0.25, -0.2) is 0 Å². The molecule has 0 bridgehead atoms. The highest BCUT2D eigenvalue weighted by Crippen LogP contribution is 2.41. The Labute approximate surface area is 108 Å². The van der Waals surface area contributed by atoms with Crippen LogP contribution in [0.25, 0.3) is 10.8 Å². The molecule has 0 amide bonds. The van der Waals surface area contributed by atoms with Crippen molar-refractivity contribution in [2.24, 2.45) is 0 Å². The van der Waals surface area contributed by atoms with Crippen LogP contribution in [0, 0.1) is 0 Å². The first-order chi connectivity index (χ1) is 8.70. The Bertz CT molecular complexity index is 589. The third-order valence-corrected chi connectivity index (χ3v) is 3.68. The van der Waals surface area contributed by atoms with Crippen molar-refractivity contribution in [2.45, 2.75) is 32.5 Å². The number of methoxy groups -OCH3 is 1. The zero-order chi connectivity index (χ0) is 12.7. The second kappa shape index (κ2) is 4.29. The van der Waals surface area contributed by atoms with Gasteiger partial charge < -0.3 is 9.47 Å². The van der Waals surface area contributed by atoms with Gasteiger partial charge in [-0.3, -0.25) is 0 Å². The molecule has 0 fully saturated rings. The summed E-state index contributed by atoms with van der Waals surface area (Å²) in [5.74, 6) is 0.975. The fourth-order valence-corrected chi connectivity index (χ4v) is 2.99. The molecule has 1 aliphatic heterocycles. The molecule has 0 saturated heterocycles. The number of rotatable bonds is 1. The lowest BCUT2D eigenvalue weighted by Crippen LogP contribution is -2.22. The van der Waals surface area contributed by atoms with E-state index in [0.29, 0.717) is 0 Å². The molecule has 1 aliphatic rings. The molecule has 1 heterocycles. The monoisotopic (exact) mass is 242 g/mol. The third-order valence-electron chi connectivity index (χ3n) is 3.68. The molecule has 18 heavy (non-hydrogen) atoms. The van der Waals surface area contributed by atoms with E-state index in [2.05, 4.69) is 38.1 Å². The Hall–Kier alpha value is -1.54. The summed E-state index contributed by atoms with van der Waals surface area (Å²) in [6.07, 6.45) is 1.34. The summed E-state index contributed by atoms with van der Waals surface area (Å²) in [5, 5.41) is 2.41. The number of fused-ring (bicyclic) bond motifs is 2. The van der Waals surface area contributed by atoms with Gasteiger partial charge in [0.25, 0.3) is 0 Å². The van der Waals surface area contributed by atoms with Crippen molar-refractivity contribution >= 4 is 10.8 Å². The van der Waals surface area contributed by atoms with Crippen LogP contribution in [0.15, 0.2) is 30.3 Å². The Morgan fingerprint density at radius 1 is 1.22 bits per heavy atom. The largest absolute Gasteiger partial charge is 0.496 e. The molecule has 0 saturated carbocycles. The maximum atomic E-state index is 5.92. The number of hydrogen-bond acceptors (Lipinski definition) is 2. The second-order valence-electron chi connectivity index (χ2n) is 5.00. The number of benzene rings is 2. The van der Waals surface area contributed by atoms with Gasteiger partial charge in [-0.15, -0.1) is 0 Å². The van der Waals surface area contributed by atoms with Gasteiger partial charge >= 0.3 is 0 Å². The molecule has 0 N–H and O–H groups in total. The van der Waals surface area contributed by atoms with Crippen molar-refractivity contribution in [2.75, 3.05) is 7.11 Å². The second-order valence-corrected chi connectivity index (χ2v) is 5.00. The van der Waals surface area contributed by atoms with Crippen LogP contribution in [0.3, 0.4) is 0 Å². The van der Waals surface area contributed by atoms with Crippen LogP contribution in [0.4, 0.5) is 0 Å². The number of ether oxygens (including phenoxy) is 2. The predicted molar refractivity (Wildman–Crippen MR) is 73.2 cm³/mol. The maximum absolute atomic E-state index is 5.92. The van der Waals surface area contributed by atoms with E-state index in [-0.39, 0.29) is 12.2 Å². The predicted octanol–water partition coefficient (Wildman–Crippen LogP) is 3.87. The van der Waals surface area contributed by atoms with Gasteiger partial charge in [0.05, 0.1) is 19.3 Å². The molecule has 0 aromatic heterocycles. The van der Waals surface area contributed by atoms with Crippen molar-refractivity contribution in [1.29, 1.82) is 0 Å². The molecular formula is C16H18O2. The quantitative estimate of drug-likeness (QED) is 0.755. The van der Waals surface area contributed by atoms with E-state index in [1.807, 2.05) is 6.07 Å². The summed E-state index contributed by atoms with van der Waals surface area (Å²) >= 11 is 0. The van der Waals surface area contributed by atoms with Crippen LogP contribution in [0.1, 0.15) is 31.1 Å². The van der Waals surface area contributed by atoms with Crippen molar-refractivity contribution in [1.82, 2.24) is 0 Å². The topological polar surface area (TPSA) is 18.5 Å². The fraction of sp³-hybridized carbons (Fsp3) is 0.375. The van der Waals surface area contributed by atoms with E-state index in [0.717, 1.165) is 12.2 Å². The minimum Gasteiger partial charge on any atom is -0.496 e. The summed E-state index contributed by atoms with van der Waals surface area (Å²) in [7, 11) is 1.74. The first-order valence-electron chi connectivity index (χ1n) is 6.44. The fourth-order valence-electron chi connectivity index (χ4n) is 2.99. The summed E-state index contributed by atoms with van der Waals surface area (Å²) in [4.78, 5) is 0. The highest BCUT2D eigenvalue weighted by atomic mass is 16.5. The molecule has 0 aliphatic carbocycles. The minimum atomic E-state index is 0.100. The van der Waals surface area contributed by atoms with Gasteiger partial charge in [0.1, 0.15) is 5.75 Å². The molecule has 2 aromatic rings. The Balaban J connectivity index is 2.32. The molecule has 94 valence electrons. The molecule has 0 unspecified atom stereocenters. The zero-order valence-electron chi connectivity index (χ0n) is 11.1. The summed E-state index contributed by atoms with van der Waals surface area (Å²) in [6, 6.07) is 10.7. The van der Waals surface area contributed by atoms with Crippen molar-refractivity contribution in [3.63, 3.8) is 0 Å². The van der Waals surface area contributed by atoms with Gasteiger partial charge in [0.2, 0.25) is 0 Å². The van der Waals surface area contributed by atoms with E-state index in [1.54, 1.807) is 7.11 Å². The molecule has 2 atom stereocenters. The summed E-state index contributed by atoms with van der Waals surface area (Å²) in [6.45, 7) is 4.23. The lowest BCUT2D eigenvalue weighted by molar-refractivity contribution is -0.00585. The van der Waals surface area contributed by atoms with Crippen LogP contribution in [0.5, 0.6) is 5.75 Å². The zero-order valence-corrected chi connectivity index (χ0v) is 11.1. The average Bonchev–Trinajstić information content (AvgIpc) is 2.35. The molecule has 2 heteroatoms. The normalized spacial score (nSPS) is 22.8. The Kier molecular flexibility index (Phi) is 2.75. The Morgan fingerprint density at radius 3 is 2.78 bits per heavy atom. The van der Waals surface area contributed by atoms with Crippen molar-refractivity contribution in [3.8, 4) is 5.75 Å². The molecular weight excluding hydrogens is 224 g/mol. The van der Waals surface area contributed by atoms with Crippen LogP contribution in [-0.4, -0.2) is 13.2 Å². The van der Waals surface area contributed by atoms with Gasteiger partial charge in [0, 0.05) is 10.9 Å². The van der Waals surface area contributed by atoms with E-state index >= 15 is 0 Å². The Morgan fingerprint density at radius 2 is 2.00 bits per heavy atom. The minimum absolute atomic E-state index is 0.100. The molecule has 0 radical (unpaired) electrons. The maximum Gasteiger partial charge on any atom is 0.132 e. The summed E-state index contributed by atoms with van der Waals surface area (Å²) in [5.41, 5.74) is 2.58. The van der Waals surface area contributed by atoms with E-state index in [4.69, 9.17) is 9.47 Å². The highest BCUT2D eigenvalue weighted by molar-refractivity contribution is 5.91. The highest BCUT2D eigenvalue weighted by Gasteiger charge is 2.26.